The first-order valence-electron chi connectivity index (χ1n) is 5.80. The van der Waals surface area contributed by atoms with Crippen LogP contribution in [0.5, 0.6) is 0 Å². The van der Waals surface area contributed by atoms with E-state index in [1.54, 1.807) is 24.8 Å². The van der Waals surface area contributed by atoms with E-state index in [4.69, 9.17) is 5.84 Å². The lowest BCUT2D eigenvalue weighted by Gasteiger charge is -2.09. The summed E-state index contributed by atoms with van der Waals surface area (Å²) in [7, 11) is 0. The van der Waals surface area contributed by atoms with Crippen molar-refractivity contribution in [2.75, 3.05) is 10.7 Å². The Kier molecular flexibility index (Phi) is 2.95. The quantitative estimate of drug-likeness (QED) is 0.476. The fourth-order valence-corrected chi connectivity index (χ4v) is 1.81. The van der Waals surface area contributed by atoms with Gasteiger partial charge in [0.05, 0.1) is 6.20 Å². The van der Waals surface area contributed by atoms with Crippen molar-refractivity contribution in [3.63, 3.8) is 0 Å². The van der Waals surface area contributed by atoms with E-state index in [0.717, 1.165) is 11.2 Å². The minimum absolute atomic E-state index is 0.572. The second-order valence-electron chi connectivity index (χ2n) is 3.99. The summed E-state index contributed by atoms with van der Waals surface area (Å²) in [5.74, 6) is 6.65. The van der Waals surface area contributed by atoms with E-state index in [1.807, 2.05) is 22.7 Å². The second kappa shape index (κ2) is 4.91. The van der Waals surface area contributed by atoms with Gasteiger partial charge in [0, 0.05) is 31.3 Å². The maximum Gasteiger partial charge on any atom is 0.180 e. The van der Waals surface area contributed by atoms with Crippen molar-refractivity contribution in [2.45, 2.75) is 6.54 Å². The summed E-state index contributed by atoms with van der Waals surface area (Å²) in [5.41, 5.74) is 4.41. The Morgan fingerprint density at radius 1 is 1.21 bits per heavy atom. The summed E-state index contributed by atoms with van der Waals surface area (Å²) in [5, 5.41) is 3.25. The maximum absolute atomic E-state index is 5.40. The molecule has 0 unspecified atom stereocenters. The first kappa shape index (κ1) is 11.4. The smallest absolute Gasteiger partial charge is 0.180 e. The molecule has 0 aliphatic rings. The molecule has 0 aromatic carbocycles. The summed E-state index contributed by atoms with van der Waals surface area (Å²) < 4.78 is 1.86. The molecule has 0 spiro atoms. The van der Waals surface area contributed by atoms with Gasteiger partial charge in [-0.25, -0.2) is 15.8 Å². The Labute approximate surface area is 109 Å². The molecule has 0 fully saturated rings. The highest BCUT2D eigenvalue weighted by atomic mass is 15.3. The van der Waals surface area contributed by atoms with Crippen molar-refractivity contribution in [3.8, 4) is 0 Å². The van der Waals surface area contributed by atoms with Gasteiger partial charge in [0.1, 0.15) is 0 Å². The topological polar surface area (TPSA) is 93.2 Å². The zero-order valence-corrected chi connectivity index (χ0v) is 10.1. The van der Waals surface area contributed by atoms with Gasteiger partial charge in [-0.15, -0.1) is 0 Å². The van der Waals surface area contributed by atoms with Crippen LogP contribution >= 0.6 is 0 Å². The Morgan fingerprint density at radius 2 is 2.05 bits per heavy atom. The molecule has 0 saturated carbocycles. The average molecular weight is 255 g/mol. The number of anilines is 2. The third-order valence-electron chi connectivity index (χ3n) is 2.73. The summed E-state index contributed by atoms with van der Waals surface area (Å²) in [4.78, 5) is 12.6. The number of fused-ring (bicyclic) bond motifs is 1. The minimum atomic E-state index is 0.572. The number of nitrogens with zero attached hydrogens (tertiary/aromatic N) is 4. The number of aromatic nitrogens is 4. The van der Waals surface area contributed by atoms with E-state index in [1.165, 1.54) is 0 Å². The zero-order valence-electron chi connectivity index (χ0n) is 10.1. The van der Waals surface area contributed by atoms with Gasteiger partial charge < -0.3 is 15.1 Å². The molecule has 0 aliphatic carbocycles. The number of imidazole rings is 1. The van der Waals surface area contributed by atoms with Gasteiger partial charge in [0.2, 0.25) is 0 Å². The lowest BCUT2D eigenvalue weighted by atomic mass is 10.3. The highest BCUT2D eigenvalue weighted by Gasteiger charge is 2.06. The van der Waals surface area contributed by atoms with Gasteiger partial charge in [-0.3, -0.25) is 4.98 Å². The zero-order chi connectivity index (χ0) is 13.1. The molecule has 3 aromatic rings. The average Bonchev–Trinajstić information content (AvgIpc) is 2.94. The molecule has 0 radical (unpaired) electrons. The standard InChI is InChI=1S/C12H13N7/c13-18-10-8-19-6-5-15-12(19)11(17-10)16-7-9-1-3-14-4-2-9/h1-6,8,18H,7,13H2,(H,16,17). The van der Waals surface area contributed by atoms with E-state index in [2.05, 4.69) is 25.7 Å². The SMILES string of the molecule is NNc1cn2ccnc2c(NCc2ccncc2)n1. The number of rotatable bonds is 4. The number of nitrogen functional groups attached to an aromatic ring is 1. The summed E-state index contributed by atoms with van der Waals surface area (Å²) >= 11 is 0. The van der Waals surface area contributed by atoms with Gasteiger partial charge in [-0.05, 0) is 17.7 Å². The van der Waals surface area contributed by atoms with Crippen LogP contribution in [0.2, 0.25) is 0 Å². The first-order chi connectivity index (χ1) is 9.36. The fourth-order valence-electron chi connectivity index (χ4n) is 1.81. The van der Waals surface area contributed by atoms with Gasteiger partial charge >= 0.3 is 0 Å². The molecule has 0 saturated heterocycles. The third kappa shape index (κ3) is 2.31. The van der Waals surface area contributed by atoms with Crippen LogP contribution in [-0.2, 0) is 6.54 Å². The van der Waals surface area contributed by atoms with Crippen molar-refractivity contribution in [2.24, 2.45) is 5.84 Å². The molecule has 3 rings (SSSR count). The van der Waals surface area contributed by atoms with E-state index >= 15 is 0 Å². The van der Waals surface area contributed by atoms with Crippen LogP contribution in [0, 0.1) is 0 Å². The van der Waals surface area contributed by atoms with Gasteiger partial charge in [0.15, 0.2) is 17.3 Å². The summed E-state index contributed by atoms with van der Waals surface area (Å²) in [6, 6.07) is 3.89. The van der Waals surface area contributed by atoms with Crippen LogP contribution < -0.4 is 16.6 Å². The predicted molar refractivity (Wildman–Crippen MR) is 72.4 cm³/mol. The maximum atomic E-state index is 5.40. The summed E-state index contributed by atoms with van der Waals surface area (Å²) in [6.07, 6.45) is 8.85. The van der Waals surface area contributed by atoms with Crippen molar-refractivity contribution in [3.05, 3.63) is 48.7 Å². The molecule has 7 nitrogen and oxygen atoms in total. The van der Waals surface area contributed by atoms with Gasteiger partial charge in [-0.2, -0.15) is 0 Å². The van der Waals surface area contributed by atoms with E-state index in [9.17, 15) is 0 Å². The number of pyridine rings is 1. The van der Waals surface area contributed by atoms with E-state index < -0.39 is 0 Å². The van der Waals surface area contributed by atoms with Crippen LogP contribution in [0.15, 0.2) is 43.1 Å². The molecular weight excluding hydrogens is 242 g/mol. The van der Waals surface area contributed by atoms with E-state index in [-0.39, 0.29) is 0 Å². The summed E-state index contributed by atoms with van der Waals surface area (Å²) in [6.45, 7) is 0.645. The molecule has 0 bridgehead atoms. The highest BCUT2D eigenvalue weighted by Crippen LogP contribution is 2.16. The Balaban J connectivity index is 1.89. The fraction of sp³-hybridized carbons (Fsp3) is 0.0833. The van der Waals surface area contributed by atoms with Crippen LogP contribution in [0.25, 0.3) is 5.65 Å². The van der Waals surface area contributed by atoms with Crippen LogP contribution in [0.3, 0.4) is 0 Å². The molecule has 3 aromatic heterocycles. The van der Waals surface area contributed by atoms with Crippen LogP contribution in [0.4, 0.5) is 11.6 Å². The molecule has 0 aliphatic heterocycles. The third-order valence-corrected chi connectivity index (χ3v) is 2.73. The lowest BCUT2D eigenvalue weighted by Crippen LogP contribution is -2.12. The Morgan fingerprint density at radius 3 is 2.84 bits per heavy atom. The molecule has 7 heteroatoms. The van der Waals surface area contributed by atoms with Gasteiger partial charge in [-0.1, -0.05) is 0 Å². The van der Waals surface area contributed by atoms with Crippen molar-refractivity contribution in [1.29, 1.82) is 0 Å². The van der Waals surface area contributed by atoms with Crippen molar-refractivity contribution >= 4 is 17.3 Å². The van der Waals surface area contributed by atoms with E-state index in [0.29, 0.717) is 18.2 Å². The highest BCUT2D eigenvalue weighted by molar-refractivity contribution is 5.65. The lowest BCUT2D eigenvalue weighted by molar-refractivity contribution is 1.06. The van der Waals surface area contributed by atoms with Crippen LogP contribution in [-0.4, -0.2) is 19.4 Å². The number of hydrazine groups is 1. The number of nitrogens with two attached hydrogens (primary N) is 1. The first-order valence-corrected chi connectivity index (χ1v) is 5.80. The van der Waals surface area contributed by atoms with Crippen molar-refractivity contribution < 1.29 is 0 Å². The molecule has 3 heterocycles. The van der Waals surface area contributed by atoms with Gasteiger partial charge in [0.25, 0.3) is 0 Å². The second-order valence-corrected chi connectivity index (χ2v) is 3.99. The number of hydrogen-bond donors (Lipinski definition) is 3. The van der Waals surface area contributed by atoms with Crippen LogP contribution in [0.1, 0.15) is 5.56 Å². The largest absolute Gasteiger partial charge is 0.363 e. The molecule has 96 valence electrons. The molecule has 19 heavy (non-hydrogen) atoms. The van der Waals surface area contributed by atoms with Crippen molar-refractivity contribution in [1.82, 2.24) is 19.4 Å². The minimum Gasteiger partial charge on any atom is -0.363 e. The molecule has 0 atom stereocenters. The predicted octanol–water partition coefficient (Wildman–Crippen LogP) is 1.02. The Bertz CT molecular complexity index is 677. The normalized spacial score (nSPS) is 10.6. The Hall–Kier alpha value is -2.67. The number of nitrogens with one attached hydrogen (secondary N) is 2. The molecular formula is C12H13N7. The number of hydrogen-bond acceptors (Lipinski definition) is 6. The monoisotopic (exact) mass is 255 g/mol. The molecule has 4 N–H and O–H groups in total. The molecule has 0 amide bonds.